The Hall–Kier alpha value is -1.79. The minimum atomic E-state index is -0.0996. The van der Waals surface area contributed by atoms with Crippen molar-refractivity contribution in [2.75, 3.05) is 33.3 Å². The number of nitrogens with one attached hydrogen (secondary N) is 2. The lowest BCUT2D eigenvalue weighted by molar-refractivity contribution is -0.143. The zero-order chi connectivity index (χ0) is 18.5. The van der Waals surface area contributed by atoms with Crippen LogP contribution in [0.4, 0.5) is 0 Å². The van der Waals surface area contributed by atoms with Gasteiger partial charge in [0, 0.05) is 45.6 Å². The van der Waals surface area contributed by atoms with Crippen molar-refractivity contribution in [2.24, 2.45) is 4.99 Å². The SMILES string of the molecule is CCOC(=O)CCCCCCNC(=NC)NC1CCN(C(=O)CC)C1. The minimum absolute atomic E-state index is 0.0996. The highest BCUT2D eigenvalue weighted by molar-refractivity contribution is 5.80. The molecule has 7 heteroatoms. The third-order valence-electron chi connectivity index (χ3n) is 4.31. The third kappa shape index (κ3) is 8.74. The number of amides is 1. The Bertz CT molecular complexity index is 440. The predicted molar refractivity (Wildman–Crippen MR) is 99.5 cm³/mol. The first-order valence-electron chi connectivity index (χ1n) is 9.51. The fraction of sp³-hybridized carbons (Fsp3) is 0.833. The number of nitrogens with zero attached hydrogens (tertiary/aromatic N) is 2. The van der Waals surface area contributed by atoms with Crippen LogP contribution in [0.25, 0.3) is 0 Å². The summed E-state index contributed by atoms with van der Waals surface area (Å²) in [6, 6.07) is 0.270. The molecule has 0 spiro atoms. The van der Waals surface area contributed by atoms with E-state index in [9.17, 15) is 9.59 Å². The van der Waals surface area contributed by atoms with E-state index in [1.165, 1.54) is 0 Å². The Balaban J connectivity index is 2.09. The molecule has 2 N–H and O–H groups in total. The molecule has 0 radical (unpaired) electrons. The van der Waals surface area contributed by atoms with Gasteiger partial charge < -0.3 is 20.3 Å². The minimum Gasteiger partial charge on any atom is -0.466 e. The van der Waals surface area contributed by atoms with E-state index in [-0.39, 0.29) is 17.9 Å². The van der Waals surface area contributed by atoms with Crippen LogP contribution in [0, 0.1) is 0 Å². The number of likely N-dealkylation sites (tertiary alicyclic amines) is 1. The number of unbranched alkanes of at least 4 members (excludes halogenated alkanes) is 3. The molecule has 0 saturated carbocycles. The lowest BCUT2D eigenvalue weighted by Crippen LogP contribution is -2.45. The Morgan fingerprint density at radius 3 is 2.64 bits per heavy atom. The van der Waals surface area contributed by atoms with Crippen LogP contribution in [0.3, 0.4) is 0 Å². The molecule has 7 nitrogen and oxygen atoms in total. The van der Waals surface area contributed by atoms with Crippen molar-refractivity contribution in [1.82, 2.24) is 15.5 Å². The van der Waals surface area contributed by atoms with Gasteiger partial charge in [0.25, 0.3) is 0 Å². The fourth-order valence-electron chi connectivity index (χ4n) is 2.90. The van der Waals surface area contributed by atoms with Crippen LogP contribution in [0.5, 0.6) is 0 Å². The molecule has 1 saturated heterocycles. The Morgan fingerprint density at radius 2 is 1.96 bits per heavy atom. The molecule has 0 bridgehead atoms. The topological polar surface area (TPSA) is 83.0 Å². The van der Waals surface area contributed by atoms with Gasteiger partial charge in [0.1, 0.15) is 0 Å². The summed E-state index contributed by atoms with van der Waals surface area (Å²) in [7, 11) is 1.76. The maximum atomic E-state index is 11.7. The molecule has 1 unspecified atom stereocenters. The summed E-state index contributed by atoms with van der Waals surface area (Å²) in [4.78, 5) is 29.1. The summed E-state index contributed by atoms with van der Waals surface area (Å²) in [6.45, 7) is 6.61. The first-order chi connectivity index (χ1) is 12.1. The van der Waals surface area contributed by atoms with Gasteiger partial charge >= 0.3 is 5.97 Å². The van der Waals surface area contributed by atoms with Gasteiger partial charge in [0.15, 0.2) is 5.96 Å². The first-order valence-corrected chi connectivity index (χ1v) is 9.51. The van der Waals surface area contributed by atoms with Crippen molar-refractivity contribution < 1.29 is 14.3 Å². The number of esters is 1. The summed E-state index contributed by atoms with van der Waals surface area (Å²) in [5.41, 5.74) is 0. The van der Waals surface area contributed by atoms with E-state index in [0.717, 1.165) is 57.7 Å². The zero-order valence-electron chi connectivity index (χ0n) is 16.0. The lowest BCUT2D eigenvalue weighted by atomic mass is 10.1. The van der Waals surface area contributed by atoms with Gasteiger partial charge in [-0.1, -0.05) is 19.8 Å². The van der Waals surface area contributed by atoms with Crippen molar-refractivity contribution >= 4 is 17.8 Å². The monoisotopic (exact) mass is 354 g/mol. The molecule has 0 aromatic rings. The number of ether oxygens (including phenoxy) is 1. The number of guanidine groups is 1. The molecule has 1 rings (SSSR count). The number of aliphatic imine (C=N–C) groups is 1. The Labute approximate surface area is 151 Å². The molecular formula is C18H34N4O3. The third-order valence-corrected chi connectivity index (χ3v) is 4.31. The molecule has 1 amide bonds. The number of hydrogen-bond donors (Lipinski definition) is 2. The highest BCUT2D eigenvalue weighted by Crippen LogP contribution is 2.10. The Kier molecular flexibility index (Phi) is 10.7. The standard InChI is InChI=1S/C18H34N4O3/c1-4-16(23)22-13-11-15(14-22)21-18(19-3)20-12-9-7-6-8-10-17(24)25-5-2/h15H,4-14H2,1-3H3,(H2,19,20,21). The molecular weight excluding hydrogens is 320 g/mol. The van der Waals surface area contributed by atoms with Crippen molar-refractivity contribution in [1.29, 1.82) is 0 Å². The summed E-state index contributed by atoms with van der Waals surface area (Å²) >= 11 is 0. The molecule has 0 aliphatic carbocycles. The molecule has 0 aromatic heterocycles. The van der Waals surface area contributed by atoms with Gasteiger partial charge in [-0.15, -0.1) is 0 Å². The fourth-order valence-corrected chi connectivity index (χ4v) is 2.90. The predicted octanol–water partition coefficient (Wildman–Crippen LogP) is 1.68. The van der Waals surface area contributed by atoms with E-state index in [2.05, 4.69) is 15.6 Å². The van der Waals surface area contributed by atoms with E-state index in [1.807, 2.05) is 18.7 Å². The van der Waals surface area contributed by atoms with Gasteiger partial charge in [-0.2, -0.15) is 0 Å². The van der Waals surface area contributed by atoms with E-state index < -0.39 is 0 Å². The number of rotatable bonds is 10. The molecule has 0 aromatic carbocycles. The van der Waals surface area contributed by atoms with Crippen molar-refractivity contribution in [2.45, 2.75) is 64.8 Å². The van der Waals surface area contributed by atoms with Gasteiger partial charge in [0.05, 0.1) is 6.61 Å². The highest BCUT2D eigenvalue weighted by atomic mass is 16.5. The average Bonchev–Trinajstić information content (AvgIpc) is 3.07. The summed E-state index contributed by atoms with van der Waals surface area (Å²) in [6.07, 6.45) is 6.06. The van der Waals surface area contributed by atoms with Crippen LogP contribution in [0.2, 0.25) is 0 Å². The maximum Gasteiger partial charge on any atom is 0.305 e. The Morgan fingerprint density at radius 1 is 1.20 bits per heavy atom. The summed E-state index contributed by atoms with van der Waals surface area (Å²) in [5, 5.41) is 6.71. The molecule has 1 fully saturated rings. The second kappa shape index (κ2) is 12.6. The number of carbonyl (C=O) groups is 2. The van der Waals surface area contributed by atoms with Crippen molar-refractivity contribution in [3.63, 3.8) is 0 Å². The smallest absolute Gasteiger partial charge is 0.305 e. The number of hydrogen-bond acceptors (Lipinski definition) is 4. The molecule has 144 valence electrons. The molecule has 1 atom stereocenters. The van der Waals surface area contributed by atoms with Crippen LogP contribution in [-0.4, -0.2) is 62.1 Å². The second-order valence-corrected chi connectivity index (χ2v) is 6.29. The normalized spacial score (nSPS) is 17.5. The van der Waals surface area contributed by atoms with Crippen LogP contribution in [0.15, 0.2) is 4.99 Å². The number of carbonyl (C=O) groups excluding carboxylic acids is 2. The average molecular weight is 354 g/mol. The van der Waals surface area contributed by atoms with E-state index in [1.54, 1.807) is 7.05 Å². The van der Waals surface area contributed by atoms with Crippen molar-refractivity contribution in [3.05, 3.63) is 0 Å². The maximum absolute atomic E-state index is 11.7. The largest absolute Gasteiger partial charge is 0.466 e. The van der Waals surface area contributed by atoms with Crippen LogP contribution in [0.1, 0.15) is 58.8 Å². The highest BCUT2D eigenvalue weighted by Gasteiger charge is 2.25. The van der Waals surface area contributed by atoms with Gasteiger partial charge in [0.2, 0.25) is 5.91 Å². The first kappa shape index (κ1) is 21.3. The van der Waals surface area contributed by atoms with Crippen LogP contribution in [-0.2, 0) is 14.3 Å². The molecule has 1 heterocycles. The molecule has 25 heavy (non-hydrogen) atoms. The summed E-state index contributed by atoms with van der Waals surface area (Å²) in [5.74, 6) is 0.912. The molecule has 1 aliphatic heterocycles. The van der Waals surface area contributed by atoms with Gasteiger partial charge in [-0.05, 0) is 26.2 Å². The quantitative estimate of drug-likeness (QED) is 0.270. The summed E-state index contributed by atoms with van der Waals surface area (Å²) < 4.78 is 4.91. The molecule has 1 aliphatic rings. The van der Waals surface area contributed by atoms with Crippen molar-refractivity contribution in [3.8, 4) is 0 Å². The second-order valence-electron chi connectivity index (χ2n) is 6.29. The van der Waals surface area contributed by atoms with E-state index >= 15 is 0 Å². The van der Waals surface area contributed by atoms with Gasteiger partial charge in [-0.3, -0.25) is 14.6 Å². The van der Waals surface area contributed by atoms with E-state index in [0.29, 0.717) is 19.4 Å². The zero-order valence-corrected chi connectivity index (χ0v) is 16.0. The van der Waals surface area contributed by atoms with Crippen LogP contribution < -0.4 is 10.6 Å². The lowest BCUT2D eigenvalue weighted by Gasteiger charge is -2.18. The van der Waals surface area contributed by atoms with Gasteiger partial charge in [-0.25, -0.2) is 0 Å². The van der Waals surface area contributed by atoms with E-state index in [4.69, 9.17) is 4.74 Å². The van der Waals surface area contributed by atoms with Crippen LogP contribution >= 0.6 is 0 Å².